The third-order valence-electron chi connectivity index (χ3n) is 6.53. The molecule has 31 heavy (non-hydrogen) atoms. The van der Waals surface area contributed by atoms with Crippen LogP contribution in [0.3, 0.4) is 0 Å². The number of carboxylic acid groups (broad SMARTS) is 1. The first-order valence-corrected chi connectivity index (χ1v) is 11.0. The molecule has 1 aliphatic carbocycles. The van der Waals surface area contributed by atoms with Crippen LogP contribution in [0.15, 0.2) is 54.6 Å². The van der Waals surface area contributed by atoms with Crippen molar-refractivity contribution in [3.05, 3.63) is 65.7 Å². The number of anilines is 1. The average molecular weight is 421 g/mol. The molecule has 2 amide bonds. The van der Waals surface area contributed by atoms with Crippen LogP contribution in [0.25, 0.3) is 0 Å². The number of rotatable bonds is 7. The summed E-state index contributed by atoms with van der Waals surface area (Å²) >= 11 is 0. The molecule has 0 radical (unpaired) electrons. The number of aliphatic carboxylic acids is 1. The van der Waals surface area contributed by atoms with Crippen LogP contribution in [-0.4, -0.2) is 35.5 Å². The SMILES string of the molecule is O=C(O)CCCC(=O)NC[C@H]1c2ccccc2N(C(=O)c2ccccc2)[C@@H]2CCC[C@@H]21. The Morgan fingerprint density at radius 1 is 0.968 bits per heavy atom. The molecule has 4 rings (SSSR count). The lowest BCUT2D eigenvalue weighted by atomic mass is 9.77. The van der Waals surface area contributed by atoms with Gasteiger partial charge in [-0.05, 0) is 48.9 Å². The lowest BCUT2D eigenvalue weighted by Crippen LogP contribution is -2.49. The minimum Gasteiger partial charge on any atom is -0.481 e. The monoisotopic (exact) mass is 420 g/mol. The lowest BCUT2D eigenvalue weighted by Gasteiger charge is -2.44. The van der Waals surface area contributed by atoms with E-state index >= 15 is 0 Å². The first-order chi connectivity index (χ1) is 15.1. The third-order valence-corrected chi connectivity index (χ3v) is 6.53. The number of fused-ring (bicyclic) bond motifs is 2. The predicted octanol–water partition coefficient (Wildman–Crippen LogP) is 3.97. The Balaban J connectivity index is 1.56. The van der Waals surface area contributed by atoms with Crippen LogP contribution in [0, 0.1) is 5.92 Å². The molecule has 2 aromatic rings. The van der Waals surface area contributed by atoms with Gasteiger partial charge < -0.3 is 15.3 Å². The third kappa shape index (κ3) is 4.48. The van der Waals surface area contributed by atoms with Crippen LogP contribution in [0.5, 0.6) is 0 Å². The van der Waals surface area contributed by atoms with Crippen LogP contribution in [-0.2, 0) is 9.59 Å². The van der Waals surface area contributed by atoms with Crippen molar-refractivity contribution < 1.29 is 19.5 Å². The van der Waals surface area contributed by atoms with E-state index in [1.807, 2.05) is 53.4 Å². The van der Waals surface area contributed by atoms with E-state index in [2.05, 4.69) is 11.4 Å². The zero-order valence-corrected chi connectivity index (χ0v) is 17.5. The molecule has 3 atom stereocenters. The van der Waals surface area contributed by atoms with Crippen molar-refractivity contribution in [3.8, 4) is 0 Å². The molecule has 1 aliphatic heterocycles. The number of carboxylic acids is 1. The van der Waals surface area contributed by atoms with Gasteiger partial charge in [0, 0.05) is 42.6 Å². The summed E-state index contributed by atoms with van der Waals surface area (Å²) in [5.74, 6) is -0.531. The molecule has 0 saturated heterocycles. The van der Waals surface area contributed by atoms with Gasteiger partial charge in [-0.1, -0.05) is 42.8 Å². The van der Waals surface area contributed by atoms with Gasteiger partial charge in [-0.2, -0.15) is 0 Å². The van der Waals surface area contributed by atoms with Crippen molar-refractivity contribution >= 4 is 23.5 Å². The number of nitrogens with zero attached hydrogens (tertiary/aromatic N) is 1. The van der Waals surface area contributed by atoms with Crippen LogP contribution in [0.4, 0.5) is 5.69 Å². The number of hydrogen-bond donors (Lipinski definition) is 2. The Hall–Kier alpha value is -3.15. The van der Waals surface area contributed by atoms with Gasteiger partial charge in [0.15, 0.2) is 0 Å². The first kappa shape index (κ1) is 21.1. The van der Waals surface area contributed by atoms with E-state index in [0.717, 1.165) is 30.5 Å². The van der Waals surface area contributed by atoms with E-state index in [4.69, 9.17) is 5.11 Å². The summed E-state index contributed by atoms with van der Waals surface area (Å²) in [5.41, 5.74) is 2.72. The van der Waals surface area contributed by atoms with Crippen molar-refractivity contribution in [1.29, 1.82) is 0 Å². The lowest BCUT2D eigenvalue weighted by molar-refractivity contribution is -0.137. The van der Waals surface area contributed by atoms with Crippen LogP contribution in [0.2, 0.25) is 0 Å². The van der Waals surface area contributed by atoms with Crippen molar-refractivity contribution in [3.63, 3.8) is 0 Å². The second-order valence-electron chi connectivity index (χ2n) is 8.42. The Kier molecular flexibility index (Phi) is 6.35. The molecular weight excluding hydrogens is 392 g/mol. The quantitative estimate of drug-likeness (QED) is 0.710. The number of nitrogens with one attached hydrogen (secondary N) is 1. The highest BCUT2D eigenvalue weighted by Gasteiger charge is 2.45. The Morgan fingerprint density at radius 3 is 2.48 bits per heavy atom. The molecule has 6 heteroatoms. The van der Waals surface area contributed by atoms with Gasteiger partial charge in [0.05, 0.1) is 0 Å². The van der Waals surface area contributed by atoms with Gasteiger partial charge in [-0.25, -0.2) is 0 Å². The smallest absolute Gasteiger partial charge is 0.303 e. The van der Waals surface area contributed by atoms with Crippen molar-refractivity contribution in [2.45, 2.75) is 50.5 Å². The van der Waals surface area contributed by atoms with Crippen molar-refractivity contribution in [1.82, 2.24) is 5.32 Å². The van der Waals surface area contributed by atoms with Gasteiger partial charge in [0.25, 0.3) is 5.91 Å². The zero-order chi connectivity index (χ0) is 21.8. The number of carbonyl (C=O) groups excluding carboxylic acids is 2. The second-order valence-corrected chi connectivity index (χ2v) is 8.42. The molecule has 0 aromatic heterocycles. The van der Waals surface area contributed by atoms with Gasteiger partial charge >= 0.3 is 5.97 Å². The fourth-order valence-electron chi connectivity index (χ4n) is 5.14. The van der Waals surface area contributed by atoms with Crippen molar-refractivity contribution in [2.24, 2.45) is 5.92 Å². The molecule has 0 unspecified atom stereocenters. The maximum absolute atomic E-state index is 13.5. The number of para-hydroxylation sites is 1. The minimum absolute atomic E-state index is 0.000931. The molecule has 0 spiro atoms. The molecule has 2 aromatic carbocycles. The van der Waals surface area contributed by atoms with E-state index in [0.29, 0.717) is 24.4 Å². The van der Waals surface area contributed by atoms with Gasteiger partial charge in [0.1, 0.15) is 0 Å². The summed E-state index contributed by atoms with van der Waals surface area (Å²) in [7, 11) is 0. The number of hydrogen-bond acceptors (Lipinski definition) is 3. The molecule has 162 valence electrons. The molecule has 1 saturated carbocycles. The minimum atomic E-state index is -0.883. The largest absolute Gasteiger partial charge is 0.481 e. The van der Waals surface area contributed by atoms with E-state index in [1.165, 1.54) is 0 Å². The Morgan fingerprint density at radius 2 is 1.71 bits per heavy atom. The van der Waals surface area contributed by atoms with Gasteiger partial charge in [-0.3, -0.25) is 14.4 Å². The van der Waals surface area contributed by atoms with Crippen molar-refractivity contribution in [2.75, 3.05) is 11.4 Å². The summed E-state index contributed by atoms with van der Waals surface area (Å²) < 4.78 is 0. The van der Waals surface area contributed by atoms with Gasteiger partial charge in [-0.15, -0.1) is 0 Å². The average Bonchev–Trinajstić information content (AvgIpc) is 3.26. The highest BCUT2D eigenvalue weighted by molar-refractivity contribution is 6.07. The standard InChI is InChI=1S/C25H28N2O4/c28-23(14-7-15-24(29)30)26-16-20-18-10-4-5-12-21(18)27(22-13-6-11-19(20)22)25(31)17-8-2-1-3-9-17/h1-5,8-10,12,19-20,22H,6-7,11,13-16H2,(H,26,28)(H,29,30)/t19-,20+,22-/m1/s1. The molecular formula is C25H28N2O4. The van der Waals surface area contributed by atoms with Crippen LogP contribution >= 0.6 is 0 Å². The molecule has 1 heterocycles. The van der Waals surface area contributed by atoms with Gasteiger partial charge in [0.2, 0.25) is 5.91 Å². The highest BCUT2D eigenvalue weighted by atomic mass is 16.4. The van der Waals surface area contributed by atoms with Crippen LogP contribution in [0.1, 0.15) is 60.4 Å². The van der Waals surface area contributed by atoms with E-state index in [-0.39, 0.29) is 36.6 Å². The fraction of sp³-hybridized carbons (Fsp3) is 0.400. The normalized spacial score (nSPS) is 21.8. The van der Waals surface area contributed by atoms with E-state index in [9.17, 15) is 14.4 Å². The zero-order valence-electron chi connectivity index (χ0n) is 17.5. The predicted molar refractivity (Wildman–Crippen MR) is 118 cm³/mol. The Labute approximate surface area is 182 Å². The maximum atomic E-state index is 13.5. The molecule has 1 fully saturated rings. The molecule has 2 aliphatic rings. The Bertz CT molecular complexity index is 959. The second kappa shape index (κ2) is 9.33. The summed E-state index contributed by atoms with van der Waals surface area (Å²) in [4.78, 5) is 38.4. The molecule has 0 bridgehead atoms. The van der Waals surface area contributed by atoms with E-state index < -0.39 is 5.97 Å². The number of benzene rings is 2. The summed E-state index contributed by atoms with van der Waals surface area (Å²) in [5, 5.41) is 11.8. The number of carbonyl (C=O) groups is 3. The maximum Gasteiger partial charge on any atom is 0.303 e. The molecule has 6 nitrogen and oxygen atoms in total. The number of amides is 2. The summed E-state index contributed by atoms with van der Waals surface area (Å²) in [6.45, 7) is 0.511. The first-order valence-electron chi connectivity index (χ1n) is 11.0. The molecule has 2 N–H and O–H groups in total. The fourth-order valence-corrected chi connectivity index (χ4v) is 5.14. The van der Waals surface area contributed by atoms with Crippen LogP contribution < -0.4 is 10.2 Å². The highest BCUT2D eigenvalue weighted by Crippen LogP contribution is 2.49. The van der Waals surface area contributed by atoms with E-state index in [1.54, 1.807) is 0 Å². The summed E-state index contributed by atoms with van der Waals surface area (Å²) in [6, 6.07) is 17.5. The summed E-state index contributed by atoms with van der Waals surface area (Å²) in [6.07, 6.45) is 3.60. The topological polar surface area (TPSA) is 86.7 Å².